The van der Waals surface area contributed by atoms with Crippen LogP contribution in [0.5, 0.6) is 0 Å². The number of nitrogens with one attached hydrogen (secondary N) is 1. The fourth-order valence-corrected chi connectivity index (χ4v) is 2.65. The fraction of sp³-hybridized carbons (Fsp3) is 0.533. The Hall–Kier alpha value is -2.15. The third kappa shape index (κ3) is 2.89. The predicted molar refractivity (Wildman–Crippen MR) is 80.4 cm³/mol. The highest BCUT2D eigenvalue weighted by Gasteiger charge is 2.32. The van der Waals surface area contributed by atoms with Gasteiger partial charge in [-0.05, 0) is 19.4 Å². The van der Waals surface area contributed by atoms with Crippen LogP contribution in [0.2, 0.25) is 0 Å². The zero-order chi connectivity index (χ0) is 15.5. The highest BCUT2D eigenvalue weighted by atomic mass is 16.5. The molecule has 0 bridgehead atoms. The molecule has 1 fully saturated rings. The van der Waals surface area contributed by atoms with Gasteiger partial charge in [0, 0.05) is 31.2 Å². The van der Waals surface area contributed by atoms with E-state index < -0.39 is 0 Å². The van der Waals surface area contributed by atoms with Crippen LogP contribution in [-0.2, 0) is 11.3 Å². The maximum Gasteiger partial charge on any atom is 0.275 e. The summed E-state index contributed by atoms with van der Waals surface area (Å²) in [7, 11) is 0. The van der Waals surface area contributed by atoms with Crippen molar-refractivity contribution in [2.75, 3.05) is 19.8 Å². The standard InChI is InChI=1S/C15H21N5O2/c1-3-5-19-6-4-12(18-19)15(21)20-7-8-22-10-13(20)14-16-9-11(2)17-14/h4,6,9,13H,3,5,7-8,10H2,1-2H3,(H,16,17). The van der Waals surface area contributed by atoms with E-state index in [9.17, 15) is 4.79 Å². The lowest BCUT2D eigenvalue weighted by Gasteiger charge is -2.33. The van der Waals surface area contributed by atoms with E-state index in [1.54, 1.807) is 21.8 Å². The van der Waals surface area contributed by atoms with E-state index in [1.165, 1.54) is 0 Å². The van der Waals surface area contributed by atoms with E-state index in [-0.39, 0.29) is 11.9 Å². The number of carbonyl (C=O) groups is 1. The van der Waals surface area contributed by atoms with E-state index in [0.717, 1.165) is 24.5 Å². The Bertz CT molecular complexity index is 648. The minimum atomic E-state index is -0.189. The number of aromatic nitrogens is 4. The lowest BCUT2D eigenvalue weighted by Crippen LogP contribution is -2.44. The maximum absolute atomic E-state index is 12.8. The summed E-state index contributed by atoms with van der Waals surface area (Å²) in [5, 5.41) is 4.36. The number of nitrogens with zero attached hydrogens (tertiary/aromatic N) is 4. The van der Waals surface area contributed by atoms with Crippen LogP contribution in [0.15, 0.2) is 18.5 Å². The molecule has 3 rings (SSSR count). The Balaban J connectivity index is 1.81. The molecule has 22 heavy (non-hydrogen) atoms. The third-order valence-electron chi connectivity index (χ3n) is 3.74. The van der Waals surface area contributed by atoms with Gasteiger partial charge in [0.15, 0.2) is 0 Å². The average Bonchev–Trinajstić information content (AvgIpc) is 3.16. The van der Waals surface area contributed by atoms with Gasteiger partial charge in [0.25, 0.3) is 5.91 Å². The fourth-order valence-electron chi connectivity index (χ4n) is 2.65. The lowest BCUT2D eigenvalue weighted by atomic mass is 10.2. The van der Waals surface area contributed by atoms with Crippen LogP contribution in [0.4, 0.5) is 0 Å². The van der Waals surface area contributed by atoms with Crippen molar-refractivity contribution in [2.45, 2.75) is 32.9 Å². The number of imidazole rings is 1. The number of amides is 1. The van der Waals surface area contributed by atoms with Crippen LogP contribution in [0.25, 0.3) is 0 Å². The summed E-state index contributed by atoms with van der Waals surface area (Å²) in [4.78, 5) is 22.1. The van der Waals surface area contributed by atoms with Crippen molar-refractivity contribution in [2.24, 2.45) is 0 Å². The second-order valence-electron chi connectivity index (χ2n) is 5.50. The first-order valence-electron chi connectivity index (χ1n) is 7.62. The van der Waals surface area contributed by atoms with Crippen molar-refractivity contribution in [3.05, 3.63) is 35.7 Å². The van der Waals surface area contributed by atoms with Crippen LogP contribution in [0.3, 0.4) is 0 Å². The first kappa shape index (κ1) is 14.8. The Kier molecular flexibility index (Phi) is 4.24. The van der Waals surface area contributed by atoms with Gasteiger partial charge in [-0.3, -0.25) is 9.48 Å². The summed E-state index contributed by atoms with van der Waals surface area (Å²) in [6, 6.07) is 1.59. The molecule has 1 saturated heterocycles. The van der Waals surface area contributed by atoms with Crippen LogP contribution >= 0.6 is 0 Å². The number of hydrogen-bond donors (Lipinski definition) is 1. The van der Waals surface area contributed by atoms with Crippen molar-refractivity contribution in [3.63, 3.8) is 0 Å². The number of H-pyrrole nitrogens is 1. The Morgan fingerprint density at radius 3 is 3.14 bits per heavy atom. The predicted octanol–water partition coefficient (Wildman–Crippen LogP) is 1.54. The number of aromatic amines is 1. The third-order valence-corrected chi connectivity index (χ3v) is 3.74. The summed E-state index contributed by atoms with van der Waals surface area (Å²) >= 11 is 0. The smallest absolute Gasteiger partial charge is 0.275 e. The minimum absolute atomic E-state index is 0.0720. The quantitative estimate of drug-likeness (QED) is 0.929. The summed E-state index contributed by atoms with van der Waals surface area (Å²) in [6.45, 7) is 6.38. The van der Waals surface area contributed by atoms with E-state index >= 15 is 0 Å². The van der Waals surface area contributed by atoms with Gasteiger partial charge in [-0.2, -0.15) is 5.10 Å². The van der Waals surface area contributed by atoms with Gasteiger partial charge in [0.05, 0.1) is 13.2 Å². The summed E-state index contributed by atoms with van der Waals surface area (Å²) in [5.41, 5.74) is 1.45. The summed E-state index contributed by atoms with van der Waals surface area (Å²) in [5.74, 6) is 0.691. The topological polar surface area (TPSA) is 76.0 Å². The van der Waals surface area contributed by atoms with Gasteiger partial charge in [-0.15, -0.1) is 0 Å². The molecule has 1 N–H and O–H groups in total. The molecule has 0 aromatic carbocycles. The van der Waals surface area contributed by atoms with Crippen molar-refractivity contribution in [1.29, 1.82) is 0 Å². The molecule has 0 aliphatic carbocycles. The molecule has 0 radical (unpaired) electrons. The SMILES string of the molecule is CCCn1ccc(C(=O)N2CCOCC2c2ncc(C)[nH]2)n1. The molecule has 1 aliphatic heterocycles. The van der Waals surface area contributed by atoms with Crippen LogP contribution in [0.1, 0.15) is 41.4 Å². The Morgan fingerprint density at radius 2 is 2.41 bits per heavy atom. The molecule has 2 aromatic heterocycles. The Labute approximate surface area is 129 Å². The zero-order valence-corrected chi connectivity index (χ0v) is 13.0. The first-order chi connectivity index (χ1) is 10.7. The van der Waals surface area contributed by atoms with Crippen molar-refractivity contribution in [3.8, 4) is 0 Å². The highest BCUT2D eigenvalue weighted by molar-refractivity contribution is 5.92. The van der Waals surface area contributed by atoms with Crippen molar-refractivity contribution < 1.29 is 9.53 Å². The molecule has 2 aromatic rings. The molecule has 1 unspecified atom stereocenters. The maximum atomic E-state index is 12.8. The molecular weight excluding hydrogens is 282 g/mol. The summed E-state index contributed by atoms with van der Waals surface area (Å²) in [6.07, 6.45) is 4.60. The number of ether oxygens (including phenoxy) is 1. The molecule has 0 spiro atoms. The monoisotopic (exact) mass is 303 g/mol. The molecule has 3 heterocycles. The van der Waals surface area contributed by atoms with Crippen LogP contribution < -0.4 is 0 Å². The highest BCUT2D eigenvalue weighted by Crippen LogP contribution is 2.23. The van der Waals surface area contributed by atoms with E-state index in [2.05, 4.69) is 22.0 Å². The van der Waals surface area contributed by atoms with Gasteiger partial charge >= 0.3 is 0 Å². The van der Waals surface area contributed by atoms with Gasteiger partial charge < -0.3 is 14.6 Å². The van der Waals surface area contributed by atoms with Gasteiger partial charge in [0.1, 0.15) is 17.6 Å². The second-order valence-corrected chi connectivity index (χ2v) is 5.50. The largest absolute Gasteiger partial charge is 0.377 e. The van der Waals surface area contributed by atoms with Crippen LogP contribution in [0, 0.1) is 6.92 Å². The second kappa shape index (κ2) is 6.31. The lowest BCUT2D eigenvalue weighted by molar-refractivity contribution is -0.00535. The van der Waals surface area contributed by atoms with E-state index in [1.807, 2.05) is 13.1 Å². The van der Waals surface area contributed by atoms with Gasteiger partial charge in [-0.25, -0.2) is 4.98 Å². The molecule has 7 nitrogen and oxygen atoms in total. The van der Waals surface area contributed by atoms with E-state index in [0.29, 0.717) is 25.5 Å². The number of rotatable bonds is 4. The number of hydrogen-bond acceptors (Lipinski definition) is 4. The van der Waals surface area contributed by atoms with Crippen molar-refractivity contribution >= 4 is 5.91 Å². The minimum Gasteiger partial charge on any atom is -0.377 e. The van der Waals surface area contributed by atoms with Gasteiger partial charge in [-0.1, -0.05) is 6.92 Å². The van der Waals surface area contributed by atoms with Crippen LogP contribution in [-0.4, -0.2) is 50.3 Å². The normalized spacial score (nSPS) is 18.6. The molecule has 0 saturated carbocycles. The average molecular weight is 303 g/mol. The summed E-state index contributed by atoms with van der Waals surface area (Å²) < 4.78 is 7.33. The molecule has 1 aliphatic rings. The first-order valence-corrected chi connectivity index (χ1v) is 7.62. The molecule has 118 valence electrons. The van der Waals surface area contributed by atoms with Crippen molar-refractivity contribution in [1.82, 2.24) is 24.6 Å². The number of aryl methyl sites for hydroxylation is 2. The zero-order valence-electron chi connectivity index (χ0n) is 13.0. The molecular formula is C15H21N5O2. The number of morpholine rings is 1. The molecule has 7 heteroatoms. The molecule has 1 amide bonds. The Morgan fingerprint density at radius 1 is 1.55 bits per heavy atom. The van der Waals surface area contributed by atoms with Gasteiger partial charge in [0.2, 0.25) is 0 Å². The number of carbonyl (C=O) groups excluding carboxylic acids is 1. The van der Waals surface area contributed by atoms with E-state index in [4.69, 9.17) is 4.74 Å². The molecule has 1 atom stereocenters.